The van der Waals surface area contributed by atoms with E-state index in [9.17, 15) is 8.42 Å². The van der Waals surface area contributed by atoms with Gasteiger partial charge in [0.2, 0.25) is 0 Å². The summed E-state index contributed by atoms with van der Waals surface area (Å²) in [7, 11) is 0.756. The molecular weight excluding hydrogens is 284 g/mol. The lowest BCUT2D eigenvalue weighted by Gasteiger charge is -2.36. The molecule has 0 amide bonds. The molecule has 19 heavy (non-hydrogen) atoms. The fourth-order valence-corrected chi connectivity index (χ4v) is 4.64. The number of hydrogen-bond acceptors (Lipinski definition) is 7. The maximum Gasteiger partial charge on any atom is 0.182 e. The number of nitrogen functional groups attached to an aromatic ring is 1. The number of nitrogens with two attached hydrogens (primary N) is 1. The van der Waals surface area contributed by atoms with Gasteiger partial charge in [0.15, 0.2) is 15.7 Å². The Labute approximate surface area is 118 Å². The molecule has 0 saturated carbocycles. The van der Waals surface area contributed by atoms with E-state index in [1.807, 2.05) is 14.1 Å². The smallest absolute Gasteiger partial charge is 0.182 e. The highest BCUT2D eigenvalue weighted by Crippen LogP contribution is 2.36. The Hall–Kier alpha value is -0.860. The third kappa shape index (κ3) is 3.01. The third-order valence-corrected chi connectivity index (χ3v) is 5.64. The van der Waals surface area contributed by atoms with Crippen LogP contribution in [0.5, 0.6) is 0 Å². The summed E-state index contributed by atoms with van der Waals surface area (Å²) in [5, 5.41) is 0.687. The van der Waals surface area contributed by atoms with Gasteiger partial charge in [-0.25, -0.2) is 8.42 Å². The molecule has 0 aliphatic carbocycles. The van der Waals surface area contributed by atoms with Gasteiger partial charge in [-0.1, -0.05) is 0 Å². The first-order valence-electron chi connectivity index (χ1n) is 6.17. The van der Waals surface area contributed by atoms with Crippen LogP contribution in [0, 0.1) is 0 Å². The minimum atomic E-state index is -3.34. The Balaban J connectivity index is 2.32. The normalized spacial score (nSPS) is 21.1. The van der Waals surface area contributed by atoms with E-state index in [-0.39, 0.29) is 10.7 Å². The molecular formula is C11H20N4O2S2. The van der Waals surface area contributed by atoms with Crippen molar-refractivity contribution in [1.82, 2.24) is 9.27 Å². The first kappa shape index (κ1) is 14.5. The van der Waals surface area contributed by atoms with Gasteiger partial charge in [-0.05, 0) is 38.5 Å². The number of likely N-dealkylation sites (N-methyl/N-ethyl adjacent to an activating group) is 1. The number of hydrogen-bond donors (Lipinski definition) is 1. The van der Waals surface area contributed by atoms with Crippen molar-refractivity contribution in [3.05, 3.63) is 0 Å². The van der Waals surface area contributed by atoms with Crippen molar-refractivity contribution >= 4 is 32.2 Å². The van der Waals surface area contributed by atoms with Crippen LogP contribution in [0.4, 0.5) is 10.8 Å². The minimum Gasteiger partial charge on any atom is -0.382 e. The van der Waals surface area contributed by atoms with Crippen LogP contribution in [0.1, 0.15) is 12.8 Å². The first-order valence-corrected chi connectivity index (χ1v) is 8.83. The Kier molecular flexibility index (Phi) is 4.03. The Bertz CT molecular complexity index is 553. The van der Waals surface area contributed by atoms with E-state index in [1.54, 1.807) is 0 Å². The Morgan fingerprint density at radius 3 is 2.74 bits per heavy atom. The summed E-state index contributed by atoms with van der Waals surface area (Å²) >= 11 is 1.18. The zero-order valence-electron chi connectivity index (χ0n) is 11.5. The third-order valence-electron chi connectivity index (χ3n) is 3.44. The molecule has 1 fully saturated rings. The number of nitrogens with zero attached hydrogens (tertiary/aromatic N) is 3. The number of piperidine rings is 1. The summed E-state index contributed by atoms with van der Waals surface area (Å²) < 4.78 is 27.7. The fraction of sp³-hybridized carbons (Fsp3) is 0.727. The molecule has 0 bridgehead atoms. The summed E-state index contributed by atoms with van der Waals surface area (Å²) in [6.07, 6.45) is 3.36. The SMILES string of the molecule is CN(C)C1CCCN(c2snc(N)c2S(C)(=O)=O)C1. The summed E-state index contributed by atoms with van der Waals surface area (Å²) in [6, 6.07) is 0.435. The molecule has 0 aromatic carbocycles. The van der Waals surface area contributed by atoms with E-state index in [1.165, 1.54) is 17.8 Å². The van der Waals surface area contributed by atoms with Crippen molar-refractivity contribution in [2.45, 2.75) is 23.8 Å². The Morgan fingerprint density at radius 1 is 1.47 bits per heavy atom. The molecule has 1 aliphatic heterocycles. The molecule has 2 N–H and O–H groups in total. The summed E-state index contributed by atoms with van der Waals surface area (Å²) in [4.78, 5) is 4.46. The molecule has 108 valence electrons. The van der Waals surface area contributed by atoms with Crippen molar-refractivity contribution in [1.29, 1.82) is 0 Å². The molecule has 2 heterocycles. The number of sulfone groups is 1. The van der Waals surface area contributed by atoms with Gasteiger partial charge in [0.05, 0.1) is 0 Å². The van der Waals surface area contributed by atoms with E-state index < -0.39 is 9.84 Å². The van der Waals surface area contributed by atoms with Crippen LogP contribution in [-0.2, 0) is 9.84 Å². The average molecular weight is 304 g/mol. The van der Waals surface area contributed by atoms with Gasteiger partial charge in [-0.3, -0.25) is 0 Å². The molecule has 1 unspecified atom stereocenters. The standard InChI is InChI=1S/C11H20N4O2S2/c1-14(2)8-5-4-6-15(7-8)11-9(19(3,16)17)10(12)13-18-11/h8H,4-7H2,1-3H3,(H2,12,13). The van der Waals surface area contributed by atoms with Gasteiger partial charge in [0.1, 0.15) is 9.90 Å². The van der Waals surface area contributed by atoms with E-state index in [0.717, 1.165) is 25.9 Å². The van der Waals surface area contributed by atoms with Crippen LogP contribution >= 0.6 is 11.5 Å². The van der Waals surface area contributed by atoms with Gasteiger partial charge in [0, 0.05) is 25.4 Å². The first-order chi connectivity index (χ1) is 8.80. The van der Waals surface area contributed by atoms with Crippen LogP contribution < -0.4 is 10.6 Å². The van der Waals surface area contributed by atoms with Crippen LogP contribution in [0.25, 0.3) is 0 Å². The summed E-state index contributed by atoms with van der Waals surface area (Å²) in [5.74, 6) is 0.120. The fourth-order valence-electron chi connectivity index (χ4n) is 2.40. The molecule has 0 radical (unpaired) electrons. The van der Waals surface area contributed by atoms with Gasteiger partial charge in [0.25, 0.3) is 0 Å². The lowest BCUT2D eigenvalue weighted by molar-refractivity contribution is 0.258. The highest BCUT2D eigenvalue weighted by Gasteiger charge is 2.29. The van der Waals surface area contributed by atoms with Crippen molar-refractivity contribution in [2.24, 2.45) is 0 Å². The number of aromatic nitrogens is 1. The topological polar surface area (TPSA) is 79.5 Å². The molecule has 6 nitrogen and oxygen atoms in total. The second-order valence-electron chi connectivity index (χ2n) is 5.18. The monoisotopic (exact) mass is 304 g/mol. The quantitative estimate of drug-likeness (QED) is 0.883. The molecule has 1 aromatic heterocycles. The second-order valence-corrected chi connectivity index (χ2v) is 7.88. The van der Waals surface area contributed by atoms with Crippen LogP contribution in [-0.4, -0.2) is 57.2 Å². The predicted molar refractivity (Wildman–Crippen MR) is 78.6 cm³/mol. The average Bonchev–Trinajstić information content (AvgIpc) is 2.71. The molecule has 8 heteroatoms. The largest absolute Gasteiger partial charge is 0.382 e. The van der Waals surface area contributed by atoms with E-state index in [4.69, 9.17) is 5.73 Å². The highest BCUT2D eigenvalue weighted by molar-refractivity contribution is 7.91. The number of anilines is 2. The highest BCUT2D eigenvalue weighted by atomic mass is 32.2. The molecule has 1 atom stereocenters. The molecule has 1 saturated heterocycles. The summed E-state index contributed by atoms with van der Waals surface area (Å²) in [6.45, 7) is 1.67. The van der Waals surface area contributed by atoms with Gasteiger partial charge >= 0.3 is 0 Å². The van der Waals surface area contributed by atoms with Crippen LogP contribution in [0.2, 0.25) is 0 Å². The van der Waals surface area contributed by atoms with Crippen molar-refractivity contribution in [3.8, 4) is 0 Å². The Morgan fingerprint density at radius 2 is 2.16 bits per heavy atom. The van der Waals surface area contributed by atoms with Crippen molar-refractivity contribution in [3.63, 3.8) is 0 Å². The molecule has 0 spiro atoms. The zero-order chi connectivity index (χ0) is 14.2. The van der Waals surface area contributed by atoms with E-state index in [0.29, 0.717) is 11.0 Å². The second kappa shape index (κ2) is 5.26. The van der Waals surface area contributed by atoms with Gasteiger partial charge in [-0.15, -0.1) is 0 Å². The maximum atomic E-state index is 11.8. The molecule has 2 rings (SSSR count). The number of rotatable bonds is 3. The van der Waals surface area contributed by atoms with Crippen molar-refractivity contribution < 1.29 is 8.42 Å². The summed E-state index contributed by atoms with van der Waals surface area (Å²) in [5.41, 5.74) is 5.71. The van der Waals surface area contributed by atoms with E-state index in [2.05, 4.69) is 14.2 Å². The van der Waals surface area contributed by atoms with Gasteiger partial charge in [-0.2, -0.15) is 4.37 Å². The maximum absolute atomic E-state index is 11.8. The van der Waals surface area contributed by atoms with Crippen LogP contribution in [0.15, 0.2) is 4.90 Å². The van der Waals surface area contributed by atoms with E-state index >= 15 is 0 Å². The lowest BCUT2D eigenvalue weighted by Crippen LogP contribution is -2.45. The molecule has 1 aliphatic rings. The minimum absolute atomic E-state index is 0.120. The zero-order valence-corrected chi connectivity index (χ0v) is 13.1. The predicted octanol–water partition coefficient (Wildman–Crippen LogP) is 0.659. The lowest BCUT2D eigenvalue weighted by atomic mass is 10.1. The van der Waals surface area contributed by atoms with Crippen LogP contribution in [0.3, 0.4) is 0 Å². The molecule has 1 aromatic rings. The van der Waals surface area contributed by atoms with Gasteiger partial charge < -0.3 is 15.5 Å². The van der Waals surface area contributed by atoms with Crippen molar-refractivity contribution in [2.75, 3.05) is 44.1 Å².